The van der Waals surface area contributed by atoms with Gasteiger partial charge in [-0.25, -0.2) is 0 Å². The van der Waals surface area contributed by atoms with Gasteiger partial charge < -0.3 is 14.5 Å². The predicted molar refractivity (Wildman–Crippen MR) is 104 cm³/mol. The number of fused-ring (bicyclic) bond motifs is 1. The second kappa shape index (κ2) is 6.48. The van der Waals surface area contributed by atoms with Crippen molar-refractivity contribution in [3.05, 3.63) is 24.3 Å². The summed E-state index contributed by atoms with van der Waals surface area (Å²) in [6.07, 6.45) is 4.00. The van der Waals surface area contributed by atoms with E-state index in [9.17, 15) is 9.59 Å². The Balaban J connectivity index is 1.29. The maximum atomic E-state index is 13.2. The number of anilines is 1. The zero-order chi connectivity index (χ0) is 18.4. The van der Waals surface area contributed by atoms with Crippen molar-refractivity contribution >= 4 is 39.3 Å². The van der Waals surface area contributed by atoms with Crippen LogP contribution in [0.15, 0.2) is 24.3 Å². The van der Waals surface area contributed by atoms with E-state index in [1.54, 1.807) is 0 Å². The van der Waals surface area contributed by atoms with Crippen LogP contribution in [0.25, 0.3) is 10.1 Å². The van der Waals surface area contributed by atoms with Crippen molar-refractivity contribution in [1.29, 1.82) is 0 Å². The second-order valence-corrected chi connectivity index (χ2v) is 8.62. The molecule has 1 spiro atoms. The number of hydrogen-bond acceptors (Lipinski definition) is 6. The lowest BCUT2D eigenvalue weighted by atomic mass is 9.84. The van der Waals surface area contributed by atoms with Crippen LogP contribution in [0.2, 0.25) is 0 Å². The highest BCUT2D eigenvalue weighted by Crippen LogP contribution is 2.46. The lowest BCUT2D eigenvalue weighted by Crippen LogP contribution is -2.53. The van der Waals surface area contributed by atoms with Gasteiger partial charge in [0.1, 0.15) is 11.4 Å². The van der Waals surface area contributed by atoms with E-state index in [-0.39, 0.29) is 24.2 Å². The van der Waals surface area contributed by atoms with Crippen molar-refractivity contribution in [2.24, 2.45) is 5.92 Å². The van der Waals surface area contributed by atoms with Gasteiger partial charge in [-0.05, 0) is 49.3 Å². The number of hydrogen-bond donors (Lipinski definition) is 0. The van der Waals surface area contributed by atoms with Gasteiger partial charge in [0.25, 0.3) is 0 Å². The van der Waals surface area contributed by atoms with E-state index in [2.05, 4.69) is 21.4 Å². The minimum Gasteiger partial charge on any atom is -0.458 e. The predicted octanol–water partition coefficient (Wildman–Crippen LogP) is 2.82. The van der Waals surface area contributed by atoms with Gasteiger partial charge in [0.15, 0.2) is 0 Å². The fourth-order valence-corrected chi connectivity index (χ4v) is 5.68. The SMILES string of the molecule is O=C1CC(C(=O)N2CCN(c3nsc4ccccc34)CC2)C2(CCCC2)O1. The number of carbonyl (C=O) groups excluding carboxylic acids is 2. The van der Waals surface area contributed by atoms with Crippen molar-refractivity contribution < 1.29 is 14.3 Å². The number of nitrogens with zero attached hydrogens (tertiary/aromatic N) is 3. The van der Waals surface area contributed by atoms with Crippen LogP contribution in [0.3, 0.4) is 0 Å². The zero-order valence-electron chi connectivity index (χ0n) is 15.2. The van der Waals surface area contributed by atoms with Crippen molar-refractivity contribution in [3.8, 4) is 0 Å². The summed E-state index contributed by atoms with van der Waals surface area (Å²) in [5, 5.41) is 1.18. The normalized spacial score (nSPS) is 24.7. The number of benzene rings is 1. The number of esters is 1. The van der Waals surface area contributed by atoms with Gasteiger partial charge in [-0.15, -0.1) is 0 Å². The molecule has 27 heavy (non-hydrogen) atoms. The Labute approximate surface area is 162 Å². The maximum absolute atomic E-state index is 13.2. The van der Waals surface area contributed by atoms with Crippen molar-refractivity contribution in [2.75, 3.05) is 31.1 Å². The zero-order valence-corrected chi connectivity index (χ0v) is 16.0. The highest BCUT2D eigenvalue weighted by atomic mass is 32.1. The van der Waals surface area contributed by atoms with Gasteiger partial charge in [0.2, 0.25) is 5.91 Å². The van der Waals surface area contributed by atoms with E-state index in [4.69, 9.17) is 4.74 Å². The third-order valence-electron chi connectivity index (χ3n) is 6.32. The molecular formula is C20H23N3O3S. The molecule has 2 aromatic rings. The summed E-state index contributed by atoms with van der Waals surface area (Å²) in [5.41, 5.74) is -0.517. The summed E-state index contributed by atoms with van der Waals surface area (Å²) >= 11 is 1.52. The number of aromatic nitrogens is 1. The number of piperazine rings is 1. The number of amides is 1. The Kier molecular flexibility index (Phi) is 4.07. The Bertz CT molecular complexity index is 881. The fraction of sp³-hybridized carbons (Fsp3) is 0.550. The summed E-state index contributed by atoms with van der Waals surface area (Å²) in [7, 11) is 0. The van der Waals surface area contributed by atoms with Crippen LogP contribution in [0.4, 0.5) is 5.82 Å². The molecule has 1 saturated carbocycles. The van der Waals surface area contributed by atoms with E-state index >= 15 is 0 Å². The third kappa shape index (κ3) is 2.79. The van der Waals surface area contributed by atoms with E-state index in [1.807, 2.05) is 17.0 Å². The highest BCUT2D eigenvalue weighted by Gasteiger charge is 2.54. The Morgan fingerprint density at radius 1 is 1.15 bits per heavy atom. The number of ether oxygens (including phenoxy) is 1. The summed E-state index contributed by atoms with van der Waals surface area (Å²) in [5.74, 6) is 0.627. The first-order valence-electron chi connectivity index (χ1n) is 9.76. The van der Waals surface area contributed by atoms with E-state index < -0.39 is 5.60 Å². The summed E-state index contributed by atoms with van der Waals surface area (Å²) < 4.78 is 11.5. The first-order chi connectivity index (χ1) is 13.2. The summed E-state index contributed by atoms with van der Waals surface area (Å²) in [4.78, 5) is 29.3. The molecular weight excluding hydrogens is 362 g/mol. The highest BCUT2D eigenvalue weighted by molar-refractivity contribution is 7.13. The Hall–Kier alpha value is -2.15. The maximum Gasteiger partial charge on any atom is 0.307 e. The molecule has 0 N–H and O–H groups in total. The molecule has 1 aromatic carbocycles. The molecule has 3 fully saturated rings. The lowest BCUT2D eigenvalue weighted by molar-refractivity contribution is -0.151. The average molecular weight is 385 g/mol. The monoisotopic (exact) mass is 385 g/mol. The van der Waals surface area contributed by atoms with Crippen LogP contribution in [0, 0.1) is 5.92 Å². The molecule has 3 aliphatic rings. The van der Waals surface area contributed by atoms with Gasteiger partial charge in [0.05, 0.1) is 17.0 Å². The molecule has 2 aliphatic heterocycles. The first kappa shape index (κ1) is 17.0. The molecule has 1 amide bonds. The van der Waals surface area contributed by atoms with E-state index in [0.717, 1.165) is 44.6 Å². The largest absolute Gasteiger partial charge is 0.458 e. The van der Waals surface area contributed by atoms with Crippen molar-refractivity contribution in [2.45, 2.75) is 37.7 Å². The van der Waals surface area contributed by atoms with Gasteiger partial charge in [-0.1, -0.05) is 12.1 Å². The molecule has 0 radical (unpaired) electrons. The topological polar surface area (TPSA) is 62.7 Å². The van der Waals surface area contributed by atoms with Crippen LogP contribution >= 0.6 is 11.5 Å². The lowest BCUT2D eigenvalue weighted by Gasteiger charge is -2.38. The van der Waals surface area contributed by atoms with Crippen LogP contribution < -0.4 is 4.90 Å². The molecule has 1 aromatic heterocycles. The number of rotatable bonds is 2. The molecule has 1 atom stereocenters. The van der Waals surface area contributed by atoms with Gasteiger partial charge in [0, 0.05) is 31.6 Å². The van der Waals surface area contributed by atoms with Crippen molar-refractivity contribution in [1.82, 2.24) is 9.27 Å². The summed E-state index contributed by atoms with van der Waals surface area (Å²) in [6, 6.07) is 8.27. The molecule has 1 unspecified atom stereocenters. The van der Waals surface area contributed by atoms with Crippen LogP contribution in [0.5, 0.6) is 0 Å². The molecule has 1 aliphatic carbocycles. The van der Waals surface area contributed by atoms with Crippen LogP contribution in [-0.2, 0) is 14.3 Å². The van der Waals surface area contributed by atoms with E-state index in [0.29, 0.717) is 13.1 Å². The minimum absolute atomic E-state index is 0.102. The first-order valence-corrected chi connectivity index (χ1v) is 10.5. The fourth-order valence-electron chi connectivity index (χ4n) is 4.89. The summed E-state index contributed by atoms with van der Waals surface area (Å²) in [6.45, 7) is 2.89. The molecule has 7 heteroatoms. The smallest absolute Gasteiger partial charge is 0.307 e. The third-order valence-corrected chi connectivity index (χ3v) is 7.14. The average Bonchev–Trinajstić information content (AvgIpc) is 3.41. The van der Waals surface area contributed by atoms with Crippen molar-refractivity contribution in [3.63, 3.8) is 0 Å². The quantitative estimate of drug-likeness (QED) is 0.744. The molecule has 142 valence electrons. The molecule has 3 heterocycles. The standard InChI is InChI=1S/C20H23N3O3S/c24-17-13-15(20(26-17)7-3-4-8-20)19(25)23-11-9-22(10-12-23)18-14-5-1-2-6-16(14)27-21-18/h1-2,5-6,15H,3-4,7-13H2. The van der Waals surface area contributed by atoms with Gasteiger partial charge in [-0.2, -0.15) is 4.37 Å². The molecule has 6 nitrogen and oxygen atoms in total. The molecule has 0 bridgehead atoms. The van der Waals surface area contributed by atoms with E-state index in [1.165, 1.54) is 21.6 Å². The van der Waals surface area contributed by atoms with Crippen LogP contribution in [0.1, 0.15) is 32.1 Å². The van der Waals surface area contributed by atoms with Gasteiger partial charge in [-0.3, -0.25) is 9.59 Å². The Morgan fingerprint density at radius 2 is 1.89 bits per heavy atom. The van der Waals surface area contributed by atoms with Crippen LogP contribution in [-0.4, -0.2) is 52.9 Å². The molecule has 5 rings (SSSR count). The minimum atomic E-state index is -0.517. The second-order valence-electron chi connectivity index (χ2n) is 7.82. The van der Waals surface area contributed by atoms with Gasteiger partial charge >= 0.3 is 5.97 Å². The number of carbonyl (C=O) groups is 2. The molecule has 2 saturated heterocycles. The Morgan fingerprint density at radius 3 is 2.67 bits per heavy atom.